The molecule has 3 rings (SSSR count). The summed E-state index contributed by atoms with van der Waals surface area (Å²) in [6, 6.07) is 11.8. The summed E-state index contributed by atoms with van der Waals surface area (Å²) >= 11 is 0. The fraction of sp³-hybridized carbons (Fsp3) is 0.350. The Labute approximate surface area is 155 Å². The Bertz CT molecular complexity index is 916. The van der Waals surface area contributed by atoms with Crippen LogP contribution in [0.4, 0.5) is 5.69 Å². The van der Waals surface area contributed by atoms with Crippen molar-refractivity contribution >= 4 is 21.6 Å². The van der Waals surface area contributed by atoms with Crippen LogP contribution in [0.25, 0.3) is 0 Å². The summed E-state index contributed by atoms with van der Waals surface area (Å²) in [6.45, 7) is 5.28. The van der Waals surface area contributed by atoms with Crippen LogP contribution in [0.1, 0.15) is 40.7 Å². The van der Waals surface area contributed by atoms with E-state index in [9.17, 15) is 13.2 Å². The maximum absolute atomic E-state index is 12.8. The lowest BCUT2D eigenvalue weighted by molar-refractivity contribution is 0.0724. The van der Waals surface area contributed by atoms with Gasteiger partial charge < -0.3 is 4.90 Å². The summed E-state index contributed by atoms with van der Waals surface area (Å²) in [5.41, 5.74) is 2.87. The van der Waals surface area contributed by atoms with Crippen LogP contribution >= 0.6 is 0 Å². The van der Waals surface area contributed by atoms with Gasteiger partial charge in [-0.1, -0.05) is 18.2 Å². The first-order chi connectivity index (χ1) is 12.4. The van der Waals surface area contributed by atoms with Crippen molar-refractivity contribution in [2.24, 2.45) is 0 Å². The molecule has 1 N–H and O–H groups in total. The Balaban J connectivity index is 1.86. The molecule has 0 atom stereocenters. The van der Waals surface area contributed by atoms with Gasteiger partial charge in [-0.3, -0.25) is 9.52 Å². The van der Waals surface area contributed by atoms with E-state index < -0.39 is 10.0 Å². The third-order valence-corrected chi connectivity index (χ3v) is 6.25. The van der Waals surface area contributed by atoms with Gasteiger partial charge in [0.05, 0.1) is 10.6 Å². The number of hydrogen-bond donors (Lipinski definition) is 1. The van der Waals surface area contributed by atoms with Crippen molar-refractivity contribution in [1.82, 2.24) is 4.90 Å². The smallest absolute Gasteiger partial charge is 0.261 e. The number of anilines is 1. The highest BCUT2D eigenvalue weighted by molar-refractivity contribution is 7.92. The Hall–Kier alpha value is -2.34. The van der Waals surface area contributed by atoms with Crippen LogP contribution in [0.2, 0.25) is 0 Å². The van der Waals surface area contributed by atoms with Gasteiger partial charge in [0.1, 0.15) is 0 Å². The summed E-state index contributed by atoms with van der Waals surface area (Å²) < 4.78 is 28.2. The fourth-order valence-electron chi connectivity index (χ4n) is 3.14. The minimum absolute atomic E-state index is 0.0984. The van der Waals surface area contributed by atoms with Crippen LogP contribution in [0.3, 0.4) is 0 Å². The van der Waals surface area contributed by atoms with Gasteiger partial charge in [-0.2, -0.15) is 0 Å². The molecule has 0 bridgehead atoms. The van der Waals surface area contributed by atoms with E-state index in [4.69, 9.17) is 0 Å². The van der Waals surface area contributed by atoms with Gasteiger partial charge in [-0.15, -0.1) is 0 Å². The van der Waals surface area contributed by atoms with E-state index in [1.165, 1.54) is 12.1 Å². The lowest BCUT2D eigenvalue weighted by atomic mass is 10.1. The first kappa shape index (κ1) is 18.5. The Morgan fingerprint density at radius 2 is 1.69 bits per heavy atom. The summed E-state index contributed by atoms with van der Waals surface area (Å²) in [7, 11) is -3.76. The van der Waals surface area contributed by atoms with E-state index in [0.29, 0.717) is 11.3 Å². The molecule has 1 saturated heterocycles. The number of rotatable bonds is 4. The molecular weight excluding hydrogens is 348 g/mol. The van der Waals surface area contributed by atoms with Crippen LogP contribution in [-0.2, 0) is 10.0 Å². The number of hydrogen-bond acceptors (Lipinski definition) is 3. The molecule has 2 aromatic carbocycles. The van der Waals surface area contributed by atoms with E-state index in [0.717, 1.165) is 43.5 Å². The van der Waals surface area contributed by atoms with Crippen LogP contribution in [-0.4, -0.2) is 32.3 Å². The van der Waals surface area contributed by atoms with Crippen molar-refractivity contribution in [2.75, 3.05) is 17.8 Å². The zero-order chi connectivity index (χ0) is 18.7. The number of carbonyl (C=O) groups is 1. The lowest BCUT2D eigenvalue weighted by Gasteiger charge is -2.26. The number of benzene rings is 2. The second kappa shape index (κ2) is 7.50. The van der Waals surface area contributed by atoms with Crippen LogP contribution < -0.4 is 4.72 Å². The molecule has 1 fully saturated rings. The highest BCUT2D eigenvalue weighted by atomic mass is 32.2. The highest BCUT2D eigenvalue weighted by Gasteiger charge is 2.21. The first-order valence-electron chi connectivity index (χ1n) is 8.87. The summed E-state index contributed by atoms with van der Waals surface area (Å²) in [4.78, 5) is 14.5. The number of likely N-dealkylation sites (tertiary alicyclic amines) is 1. The van der Waals surface area contributed by atoms with Crippen molar-refractivity contribution in [1.29, 1.82) is 0 Å². The van der Waals surface area contributed by atoms with E-state index in [1.807, 2.05) is 26.0 Å². The predicted molar refractivity (Wildman–Crippen MR) is 103 cm³/mol. The molecule has 1 amide bonds. The molecule has 1 heterocycles. The second-order valence-corrected chi connectivity index (χ2v) is 8.42. The molecule has 0 aromatic heterocycles. The molecule has 1 aliphatic rings. The summed E-state index contributed by atoms with van der Waals surface area (Å²) in [5, 5.41) is 0. The van der Waals surface area contributed by atoms with E-state index in [2.05, 4.69) is 4.72 Å². The van der Waals surface area contributed by atoms with Gasteiger partial charge in [0, 0.05) is 18.7 Å². The van der Waals surface area contributed by atoms with Gasteiger partial charge in [0.15, 0.2) is 0 Å². The quantitative estimate of drug-likeness (QED) is 0.889. The summed E-state index contributed by atoms with van der Waals surface area (Å²) in [6.07, 6.45) is 3.13. The molecule has 0 saturated carbocycles. The molecule has 6 heteroatoms. The molecular formula is C20H24N2O3S. The molecule has 0 aliphatic carbocycles. The van der Waals surface area contributed by atoms with Crippen molar-refractivity contribution in [3.8, 4) is 0 Å². The van der Waals surface area contributed by atoms with Gasteiger partial charge in [0.2, 0.25) is 0 Å². The third-order valence-electron chi connectivity index (χ3n) is 4.88. The van der Waals surface area contributed by atoms with E-state index >= 15 is 0 Å². The number of aryl methyl sites for hydroxylation is 1. The van der Waals surface area contributed by atoms with Crippen molar-refractivity contribution in [3.05, 3.63) is 59.2 Å². The molecule has 0 unspecified atom stereocenters. The van der Waals surface area contributed by atoms with Gasteiger partial charge in [-0.05, 0) is 68.5 Å². The molecule has 5 nitrogen and oxygen atoms in total. The standard InChI is InChI=1S/C20H24N2O3S/c1-15-8-6-11-19(16(15)2)21-26(24,25)18-10-7-9-17(14-18)20(23)22-12-4-3-5-13-22/h6-11,14,21H,3-5,12-13H2,1-2H3. The van der Waals surface area contributed by atoms with E-state index in [1.54, 1.807) is 23.1 Å². The second-order valence-electron chi connectivity index (χ2n) is 6.73. The van der Waals surface area contributed by atoms with E-state index in [-0.39, 0.29) is 10.8 Å². The fourth-order valence-corrected chi connectivity index (χ4v) is 4.31. The van der Waals surface area contributed by atoms with Crippen molar-refractivity contribution in [2.45, 2.75) is 38.0 Å². The molecule has 26 heavy (non-hydrogen) atoms. The zero-order valence-electron chi connectivity index (χ0n) is 15.2. The van der Waals surface area contributed by atoms with Gasteiger partial charge >= 0.3 is 0 Å². The molecule has 0 radical (unpaired) electrons. The first-order valence-corrected chi connectivity index (χ1v) is 10.4. The number of sulfonamides is 1. The van der Waals surface area contributed by atoms with Crippen molar-refractivity contribution in [3.63, 3.8) is 0 Å². The van der Waals surface area contributed by atoms with Gasteiger partial charge in [0.25, 0.3) is 15.9 Å². The number of carbonyl (C=O) groups excluding carboxylic acids is 1. The average Bonchev–Trinajstić information content (AvgIpc) is 2.65. The number of nitrogens with one attached hydrogen (secondary N) is 1. The predicted octanol–water partition coefficient (Wildman–Crippen LogP) is 3.73. The maximum Gasteiger partial charge on any atom is 0.261 e. The summed E-state index contributed by atoms with van der Waals surface area (Å²) in [5.74, 6) is -0.103. The SMILES string of the molecule is Cc1cccc(NS(=O)(=O)c2cccc(C(=O)N3CCCCC3)c2)c1C. The number of nitrogens with zero attached hydrogens (tertiary/aromatic N) is 1. The van der Waals surface area contributed by atoms with Crippen LogP contribution in [0, 0.1) is 13.8 Å². The molecule has 2 aromatic rings. The van der Waals surface area contributed by atoms with Crippen molar-refractivity contribution < 1.29 is 13.2 Å². The number of piperidine rings is 1. The Morgan fingerprint density at radius 1 is 1.00 bits per heavy atom. The Morgan fingerprint density at radius 3 is 2.42 bits per heavy atom. The molecule has 1 aliphatic heterocycles. The van der Waals surface area contributed by atoms with Crippen LogP contribution in [0.5, 0.6) is 0 Å². The lowest BCUT2D eigenvalue weighted by Crippen LogP contribution is -2.35. The molecule has 0 spiro atoms. The monoisotopic (exact) mass is 372 g/mol. The minimum Gasteiger partial charge on any atom is -0.339 e. The third kappa shape index (κ3) is 3.90. The zero-order valence-corrected chi connectivity index (χ0v) is 16.0. The average molecular weight is 372 g/mol. The normalized spacial score (nSPS) is 14.9. The number of amides is 1. The highest BCUT2D eigenvalue weighted by Crippen LogP contribution is 2.23. The van der Waals surface area contributed by atoms with Crippen LogP contribution in [0.15, 0.2) is 47.4 Å². The molecule has 138 valence electrons. The van der Waals surface area contributed by atoms with Gasteiger partial charge in [-0.25, -0.2) is 8.42 Å². The Kier molecular flexibility index (Phi) is 5.32. The minimum atomic E-state index is -3.76. The maximum atomic E-state index is 12.8. The topological polar surface area (TPSA) is 66.5 Å². The largest absolute Gasteiger partial charge is 0.339 e.